The van der Waals surface area contributed by atoms with Crippen LogP contribution in [0.1, 0.15) is 39.7 Å². The van der Waals surface area contributed by atoms with Gasteiger partial charge in [0.05, 0.1) is 16.3 Å². The van der Waals surface area contributed by atoms with Gasteiger partial charge in [0.1, 0.15) is 5.01 Å². The summed E-state index contributed by atoms with van der Waals surface area (Å²) in [6, 6.07) is 11.1. The summed E-state index contributed by atoms with van der Waals surface area (Å²) in [7, 11) is 0. The van der Waals surface area contributed by atoms with Crippen molar-refractivity contribution >= 4 is 32.9 Å². The lowest BCUT2D eigenvalue weighted by Gasteiger charge is -2.09. The molecule has 21 heavy (non-hydrogen) atoms. The first-order valence-electron chi connectivity index (χ1n) is 7.49. The van der Waals surface area contributed by atoms with E-state index in [1.165, 1.54) is 33.8 Å². The number of aryl methyl sites for hydroxylation is 2. The van der Waals surface area contributed by atoms with E-state index in [1.807, 2.05) is 11.3 Å². The largest absolute Gasteiger partial charge is 0.303 e. The Morgan fingerprint density at radius 1 is 1.24 bits per heavy atom. The summed E-state index contributed by atoms with van der Waals surface area (Å²) in [6.07, 6.45) is 3.91. The van der Waals surface area contributed by atoms with Crippen LogP contribution in [0.2, 0.25) is 0 Å². The van der Waals surface area contributed by atoms with Crippen LogP contribution in [0.25, 0.3) is 10.2 Å². The Balaban J connectivity index is 1.46. The Kier molecular flexibility index (Phi) is 3.53. The second kappa shape index (κ2) is 5.52. The minimum atomic E-state index is 0.305. The molecular formula is C17H18N2S2. The van der Waals surface area contributed by atoms with Crippen molar-refractivity contribution in [2.75, 3.05) is 0 Å². The molecule has 0 spiro atoms. The molecule has 1 unspecified atom stereocenters. The van der Waals surface area contributed by atoms with Gasteiger partial charge in [-0.05, 0) is 49.9 Å². The van der Waals surface area contributed by atoms with Gasteiger partial charge in [-0.15, -0.1) is 22.7 Å². The molecule has 0 saturated heterocycles. The standard InChI is InChI=1S/C17H18N2S2/c1-11(17-19-14-6-2-3-7-16(14)21-17)18-10-13-9-12-5-4-8-15(12)20-13/h2-3,6-7,9,11,18H,4-5,8,10H2,1H3. The number of aromatic nitrogens is 1. The third-order valence-electron chi connectivity index (χ3n) is 4.06. The van der Waals surface area contributed by atoms with E-state index >= 15 is 0 Å². The van der Waals surface area contributed by atoms with Crippen molar-refractivity contribution in [1.29, 1.82) is 0 Å². The zero-order chi connectivity index (χ0) is 14.2. The lowest BCUT2D eigenvalue weighted by atomic mass is 10.2. The Hall–Kier alpha value is -1.23. The highest BCUT2D eigenvalue weighted by molar-refractivity contribution is 7.18. The molecule has 3 aromatic rings. The van der Waals surface area contributed by atoms with Crippen LogP contribution in [-0.4, -0.2) is 4.98 Å². The molecule has 108 valence electrons. The van der Waals surface area contributed by atoms with Crippen LogP contribution < -0.4 is 5.32 Å². The van der Waals surface area contributed by atoms with E-state index in [0.717, 1.165) is 12.1 Å². The molecule has 1 aliphatic carbocycles. The molecule has 4 rings (SSSR count). The number of para-hydroxylation sites is 1. The lowest BCUT2D eigenvalue weighted by Crippen LogP contribution is -2.17. The highest BCUT2D eigenvalue weighted by atomic mass is 32.1. The normalized spacial score (nSPS) is 15.5. The summed E-state index contributed by atoms with van der Waals surface area (Å²) in [5.74, 6) is 0. The van der Waals surface area contributed by atoms with Crippen LogP contribution in [0.3, 0.4) is 0 Å². The van der Waals surface area contributed by atoms with Crippen molar-refractivity contribution < 1.29 is 0 Å². The van der Waals surface area contributed by atoms with Crippen LogP contribution in [0, 0.1) is 0 Å². The van der Waals surface area contributed by atoms with Crippen molar-refractivity contribution in [2.45, 2.75) is 38.8 Å². The smallest absolute Gasteiger partial charge is 0.111 e. The number of hydrogen-bond acceptors (Lipinski definition) is 4. The van der Waals surface area contributed by atoms with Gasteiger partial charge in [0.15, 0.2) is 0 Å². The molecule has 2 aromatic heterocycles. The van der Waals surface area contributed by atoms with Crippen molar-refractivity contribution in [2.24, 2.45) is 0 Å². The van der Waals surface area contributed by atoms with Gasteiger partial charge in [-0.2, -0.15) is 0 Å². The topological polar surface area (TPSA) is 24.9 Å². The summed E-state index contributed by atoms with van der Waals surface area (Å²) < 4.78 is 1.27. The molecule has 0 radical (unpaired) electrons. The van der Waals surface area contributed by atoms with E-state index in [2.05, 4.69) is 42.6 Å². The molecular weight excluding hydrogens is 296 g/mol. The summed E-state index contributed by atoms with van der Waals surface area (Å²) in [5.41, 5.74) is 2.70. The summed E-state index contributed by atoms with van der Waals surface area (Å²) in [6.45, 7) is 3.16. The predicted octanol–water partition coefficient (Wildman–Crippen LogP) is 4.70. The van der Waals surface area contributed by atoms with Crippen LogP contribution in [0.4, 0.5) is 0 Å². The average Bonchev–Trinajstić information content (AvgIpc) is 3.17. The summed E-state index contributed by atoms with van der Waals surface area (Å²) >= 11 is 3.78. The number of thiophene rings is 1. The second-order valence-electron chi connectivity index (χ2n) is 5.64. The van der Waals surface area contributed by atoms with Gasteiger partial charge in [0, 0.05) is 16.3 Å². The highest BCUT2D eigenvalue weighted by Crippen LogP contribution is 2.31. The van der Waals surface area contributed by atoms with Crippen LogP contribution in [0.15, 0.2) is 30.3 Å². The highest BCUT2D eigenvalue weighted by Gasteiger charge is 2.16. The molecule has 2 nitrogen and oxygen atoms in total. The Morgan fingerprint density at radius 3 is 3.00 bits per heavy atom. The van der Waals surface area contributed by atoms with Crippen molar-refractivity contribution in [3.8, 4) is 0 Å². The van der Waals surface area contributed by atoms with Crippen molar-refractivity contribution in [1.82, 2.24) is 10.3 Å². The van der Waals surface area contributed by atoms with E-state index < -0.39 is 0 Å². The number of rotatable bonds is 4. The van der Waals surface area contributed by atoms with Crippen molar-refractivity contribution in [3.63, 3.8) is 0 Å². The summed E-state index contributed by atoms with van der Waals surface area (Å²) in [5, 5.41) is 4.80. The zero-order valence-electron chi connectivity index (χ0n) is 12.1. The molecule has 1 aromatic carbocycles. The number of nitrogens with zero attached hydrogens (tertiary/aromatic N) is 1. The number of benzene rings is 1. The van der Waals surface area contributed by atoms with Gasteiger partial charge in [-0.3, -0.25) is 0 Å². The molecule has 0 saturated carbocycles. The third-order valence-corrected chi connectivity index (χ3v) is 6.52. The molecule has 4 heteroatoms. The number of hydrogen-bond donors (Lipinski definition) is 1. The lowest BCUT2D eigenvalue weighted by molar-refractivity contribution is 0.576. The monoisotopic (exact) mass is 314 g/mol. The molecule has 0 aliphatic heterocycles. The average molecular weight is 314 g/mol. The van der Waals surface area contributed by atoms with Gasteiger partial charge < -0.3 is 5.32 Å². The molecule has 2 heterocycles. The maximum Gasteiger partial charge on any atom is 0.111 e. The molecule has 0 fully saturated rings. The van der Waals surface area contributed by atoms with E-state index in [9.17, 15) is 0 Å². The Bertz CT molecular complexity index is 718. The maximum atomic E-state index is 4.73. The van der Waals surface area contributed by atoms with Crippen LogP contribution in [-0.2, 0) is 19.4 Å². The first kappa shape index (κ1) is 13.4. The first-order chi connectivity index (χ1) is 10.3. The van der Waals surface area contributed by atoms with Crippen LogP contribution >= 0.6 is 22.7 Å². The van der Waals surface area contributed by atoms with E-state index in [-0.39, 0.29) is 0 Å². The van der Waals surface area contributed by atoms with Crippen LogP contribution in [0.5, 0.6) is 0 Å². The molecule has 1 N–H and O–H groups in total. The Labute approximate surface area is 132 Å². The number of nitrogens with one attached hydrogen (secondary N) is 1. The predicted molar refractivity (Wildman–Crippen MR) is 91.2 cm³/mol. The molecule has 0 bridgehead atoms. The van der Waals surface area contributed by atoms with Gasteiger partial charge in [0.25, 0.3) is 0 Å². The fourth-order valence-corrected chi connectivity index (χ4v) is 5.10. The first-order valence-corrected chi connectivity index (χ1v) is 9.12. The second-order valence-corrected chi connectivity index (χ2v) is 7.92. The SMILES string of the molecule is CC(NCc1cc2c(s1)CCC2)c1nc2ccccc2s1. The Morgan fingerprint density at radius 2 is 2.14 bits per heavy atom. The van der Waals surface area contributed by atoms with Crippen molar-refractivity contribution in [3.05, 3.63) is 50.7 Å². The fraction of sp³-hybridized carbons (Fsp3) is 0.353. The van der Waals surface area contributed by atoms with E-state index in [0.29, 0.717) is 6.04 Å². The molecule has 0 amide bonds. The minimum absolute atomic E-state index is 0.305. The third kappa shape index (κ3) is 2.63. The number of thiazole rings is 1. The fourth-order valence-electron chi connectivity index (χ4n) is 2.89. The van der Waals surface area contributed by atoms with Gasteiger partial charge in [0.2, 0.25) is 0 Å². The summed E-state index contributed by atoms with van der Waals surface area (Å²) in [4.78, 5) is 7.81. The molecule has 1 aliphatic rings. The molecule has 1 atom stereocenters. The van der Waals surface area contributed by atoms with E-state index in [1.54, 1.807) is 21.8 Å². The minimum Gasteiger partial charge on any atom is -0.303 e. The zero-order valence-corrected chi connectivity index (χ0v) is 13.7. The van der Waals surface area contributed by atoms with E-state index in [4.69, 9.17) is 4.98 Å². The van der Waals surface area contributed by atoms with Gasteiger partial charge in [-0.1, -0.05) is 12.1 Å². The van der Waals surface area contributed by atoms with Gasteiger partial charge >= 0.3 is 0 Å². The number of fused-ring (bicyclic) bond motifs is 2. The quantitative estimate of drug-likeness (QED) is 0.755. The van der Waals surface area contributed by atoms with Gasteiger partial charge in [-0.25, -0.2) is 4.98 Å². The maximum absolute atomic E-state index is 4.73.